The zero-order valence-electron chi connectivity index (χ0n) is 12.7. The summed E-state index contributed by atoms with van der Waals surface area (Å²) in [5, 5.41) is 4.07. The van der Waals surface area contributed by atoms with Crippen molar-refractivity contribution in [1.82, 2.24) is 5.32 Å². The van der Waals surface area contributed by atoms with E-state index in [2.05, 4.69) is 26.1 Å². The van der Waals surface area contributed by atoms with Crippen molar-refractivity contribution in [3.8, 4) is 0 Å². The maximum absolute atomic E-state index is 14.4. The second-order valence-corrected chi connectivity index (χ2v) is 7.00. The zero-order chi connectivity index (χ0) is 14.8. The van der Waals surface area contributed by atoms with E-state index >= 15 is 0 Å². The van der Waals surface area contributed by atoms with Crippen LogP contribution in [-0.2, 0) is 5.41 Å². The van der Waals surface area contributed by atoms with E-state index in [1.807, 2.05) is 6.07 Å². The minimum absolute atomic E-state index is 0.154. The van der Waals surface area contributed by atoms with E-state index < -0.39 is 0 Å². The second-order valence-electron chi connectivity index (χ2n) is 6.60. The normalized spacial score (nSPS) is 27.0. The molecule has 20 heavy (non-hydrogen) atoms. The Hall–Kier alpha value is -0.600. The van der Waals surface area contributed by atoms with Crippen LogP contribution in [0.5, 0.6) is 0 Å². The van der Waals surface area contributed by atoms with Gasteiger partial charge in [0.2, 0.25) is 0 Å². The molecule has 3 heteroatoms. The molecule has 0 aliphatic heterocycles. The third kappa shape index (κ3) is 3.35. The van der Waals surface area contributed by atoms with Gasteiger partial charge in [0.15, 0.2) is 0 Å². The fourth-order valence-electron chi connectivity index (χ4n) is 3.23. The smallest absolute Gasteiger partial charge is 0.128 e. The molecular formula is C17H25ClFN. The molecule has 0 atom stereocenters. The molecule has 112 valence electrons. The first kappa shape index (κ1) is 15.8. The predicted octanol–water partition coefficient (Wildman–Crippen LogP) is 4.93. The fourth-order valence-corrected chi connectivity index (χ4v) is 3.60. The number of halogens is 2. The lowest BCUT2D eigenvalue weighted by Gasteiger charge is -2.41. The summed E-state index contributed by atoms with van der Waals surface area (Å²) in [7, 11) is 0. The molecule has 1 aromatic carbocycles. The van der Waals surface area contributed by atoms with E-state index in [0.717, 1.165) is 43.7 Å². The summed E-state index contributed by atoms with van der Waals surface area (Å²) in [6, 6.07) is 5.44. The third-order valence-corrected chi connectivity index (χ3v) is 4.89. The van der Waals surface area contributed by atoms with E-state index in [1.54, 1.807) is 6.07 Å². The minimum Gasteiger partial charge on any atom is -0.314 e. The topological polar surface area (TPSA) is 12.0 Å². The third-order valence-electron chi connectivity index (χ3n) is 4.57. The van der Waals surface area contributed by atoms with Gasteiger partial charge in [0, 0.05) is 28.6 Å². The highest BCUT2D eigenvalue weighted by atomic mass is 35.5. The molecule has 1 N–H and O–H groups in total. The Bertz CT molecular complexity index is 430. The molecule has 1 aliphatic rings. The van der Waals surface area contributed by atoms with Crippen LogP contribution in [0.15, 0.2) is 18.2 Å². The quantitative estimate of drug-likeness (QED) is 0.831. The molecule has 0 amide bonds. The van der Waals surface area contributed by atoms with Gasteiger partial charge >= 0.3 is 0 Å². The molecule has 1 nitrogen and oxygen atoms in total. The molecule has 1 aliphatic carbocycles. The Labute approximate surface area is 126 Å². The number of hydrogen-bond acceptors (Lipinski definition) is 1. The van der Waals surface area contributed by atoms with Crippen molar-refractivity contribution in [2.24, 2.45) is 5.92 Å². The summed E-state index contributed by atoms with van der Waals surface area (Å²) >= 11 is 6.34. The Morgan fingerprint density at radius 1 is 1.35 bits per heavy atom. The van der Waals surface area contributed by atoms with Crippen LogP contribution in [0.1, 0.15) is 52.0 Å². The molecule has 1 saturated carbocycles. The maximum atomic E-state index is 14.4. The van der Waals surface area contributed by atoms with Gasteiger partial charge in [-0.15, -0.1) is 0 Å². The molecule has 1 fully saturated rings. The standard InChI is InChI=1S/C17H25ClFN/c1-12(2)20-11-17(9-7-13(3)8-10-17)16-14(18)5-4-6-15(16)19/h4-6,12-13,20H,7-11H2,1-3H3. The van der Waals surface area contributed by atoms with E-state index in [4.69, 9.17) is 11.6 Å². The van der Waals surface area contributed by atoms with Crippen LogP contribution in [0, 0.1) is 11.7 Å². The summed E-state index contributed by atoms with van der Waals surface area (Å²) in [4.78, 5) is 0. The molecule has 0 aromatic heterocycles. The van der Waals surface area contributed by atoms with Crippen LogP contribution < -0.4 is 5.32 Å². The fraction of sp³-hybridized carbons (Fsp3) is 0.647. The lowest BCUT2D eigenvalue weighted by molar-refractivity contribution is 0.224. The Morgan fingerprint density at radius 2 is 2.00 bits per heavy atom. The Morgan fingerprint density at radius 3 is 2.55 bits per heavy atom. The van der Waals surface area contributed by atoms with Crippen LogP contribution in [0.4, 0.5) is 4.39 Å². The number of rotatable bonds is 4. The van der Waals surface area contributed by atoms with Crippen molar-refractivity contribution < 1.29 is 4.39 Å². The molecule has 0 saturated heterocycles. The van der Waals surface area contributed by atoms with Gasteiger partial charge in [0.05, 0.1) is 0 Å². The average molecular weight is 298 g/mol. The van der Waals surface area contributed by atoms with Crippen LogP contribution in [-0.4, -0.2) is 12.6 Å². The van der Waals surface area contributed by atoms with Crippen LogP contribution in [0.25, 0.3) is 0 Å². The van der Waals surface area contributed by atoms with Crippen molar-refractivity contribution in [1.29, 1.82) is 0 Å². The van der Waals surface area contributed by atoms with Crippen LogP contribution in [0.2, 0.25) is 5.02 Å². The van der Waals surface area contributed by atoms with Gasteiger partial charge in [-0.3, -0.25) is 0 Å². The summed E-state index contributed by atoms with van der Waals surface area (Å²) in [5.41, 5.74) is 0.570. The first-order valence-electron chi connectivity index (χ1n) is 7.62. The first-order valence-corrected chi connectivity index (χ1v) is 8.00. The van der Waals surface area contributed by atoms with Gasteiger partial charge in [-0.05, 0) is 43.7 Å². The second kappa shape index (κ2) is 6.44. The van der Waals surface area contributed by atoms with Crippen LogP contribution >= 0.6 is 11.6 Å². The monoisotopic (exact) mass is 297 g/mol. The molecule has 0 heterocycles. The molecule has 0 spiro atoms. The number of benzene rings is 1. The predicted molar refractivity (Wildman–Crippen MR) is 83.9 cm³/mol. The van der Waals surface area contributed by atoms with Crippen molar-refractivity contribution in [3.05, 3.63) is 34.6 Å². The molecule has 0 bridgehead atoms. The highest BCUT2D eigenvalue weighted by Crippen LogP contribution is 2.44. The van der Waals surface area contributed by atoms with Gasteiger partial charge < -0.3 is 5.32 Å². The van der Waals surface area contributed by atoms with Crippen molar-refractivity contribution in [3.63, 3.8) is 0 Å². The summed E-state index contributed by atoms with van der Waals surface area (Å²) in [6.45, 7) is 7.34. The molecule has 2 rings (SSSR count). The average Bonchev–Trinajstić information content (AvgIpc) is 2.39. The summed E-state index contributed by atoms with van der Waals surface area (Å²) in [5.74, 6) is 0.574. The summed E-state index contributed by atoms with van der Waals surface area (Å²) in [6.07, 6.45) is 4.30. The van der Waals surface area contributed by atoms with Crippen LogP contribution in [0.3, 0.4) is 0 Å². The van der Waals surface area contributed by atoms with E-state index in [0.29, 0.717) is 11.1 Å². The number of hydrogen-bond donors (Lipinski definition) is 1. The largest absolute Gasteiger partial charge is 0.314 e. The SMILES string of the molecule is CC1CCC(CNC(C)C)(c2c(F)cccc2Cl)CC1. The Balaban J connectivity index is 2.35. The highest BCUT2D eigenvalue weighted by molar-refractivity contribution is 6.31. The van der Waals surface area contributed by atoms with Gasteiger partial charge in [-0.1, -0.05) is 38.4 Å². The van der Waals surface area contributed by atoms with Crippen molar-refractivity contribution in [2.45, 2.75) is 57.9 Å². The van der Waals surface area contributed by atoms with Gasteiger partial charge in [-0.25, -0.2) is 4.39 Å². The van der Waals surface area contributed by atoms with Gasteiger partial charge in [0.1, 0.15) is 5.82 Å². The first-order chi connectivity index (χ1) is 9.44. The van der Waals surface area contributed by atoms with Gasteiger partial charge in [-0.2, -0.15) is 0 Å². The Kier molecular flexibility index (Phi) is 5.09. The molecule has 1 aromatic rings. The zero-order valence-corrected chi connectivity index (χ0v) is 13.4. The molecule has 0 unspecified atom stereocenters. The number of nitrogens with one attached hydrogen (secondary N) is 1. The highest BCUT2D eigenvalue weighted by Gasteiger charge is 2.39. The van der Waals surface area contributed by atoms with Crippen molar-refractivity contribution >= 4 is 11.6 Å². The maximum Gasteiger partial charge on any atom is 0.128 e. The van der Waals surface area contributed by atoms with E-state index in [1.165, 1.54) is 6.07 Å². The van der Waals surface area contributed by atoms with Gasteiger partial charge in [0.25, 0.3) is 0 Å². The van der Waals surface area contributed by atoms with E-state index in [9.17, 15) is 4.39 Å². The van der Waals surface area contributed by atoms with E-state index in [-0.39, 0.29) is 11.2 Å². The lowest BCUT2D eigenvalue weighted by atomic mass is 9.66. The summed E-state index contributed by atoms with van der Waals surface area (Å²) < 4.78 is 14.4. The lowest BCUT2D eigenvalue weighted by Crippen LogP contribution is -2.44. The minimum atomic E-state index is -0.155. The molecular weight excluding hydrogens is 273 g/mol. The van der Waals surface area contributed by atoms with Crippen molar-refractivity contribution in [2.75, 3.05) is 6.54 Å². The molecule has 0 radical (unpaired) electrons.